The van der Waals surface area contributed by atoms with Crippen LogP contribution in [-0.4, -0.2) is 96.0 Å². The molecule has 344 valence electrons. The lowest BCUT2D eigenvalue weighted by Gasteiger charge is -2.40. The number of aliphatic hydroxyl groups is 3. The zero-order valence-electron chi connectivity index (χ0n) is 36.6. The minimum Gasteiger partial charge on any atom is -0.462 e. The first kappa shape index (κ1) is 54.9. The molecule has 0 aromatic rings. The molecule has 0 saturated carbocycles. The molecule has 1 aliphatic rings. The molecule has 1 rings (SSSR count). The molecule has 0 bridgehead atoms. The van der Waals surface area contributed by atoms with Gasteiger partial charge in [0, 0.05) is 12.8 Å². The Labute approximate surface area is 357 Å². The van der Waals surface area contributed by atoms with Gasteiger partial charge in [-0.15, -0.1) is 0 Å². The van der Waals surface area contributed by atoms with E-state index in [1.165, 1.54) is 103 Å². The number of hydrogen-bond donors (Lipinski definition) is 4. The first-order chi connectivity index (χ1) is 28.5. The lowest BCUT2D eigenvalue weighted by molar-refractivity contribution is -0.297. The molecule has 1 heterocycles. The van der Waals surface area contributed by atoms with Crippen molar-refractivity contribution in [1.82, 2.24) is 0 Å². The Morgan fingerprint density at radius 2 is 1.03 bits per heavy atom. The molecule has 6 atom stereocenters. The van der Waals surface area contributed by atoms with E-state index in [0.717, 1.165) is 38.5 Å². The number of unbranched alkanes of at least 4 members (excludes halogenated alkanes) is 20. The Kier molecular flexibility index (Phi) is 34.0. The summed E-state index contributed by atoms with van der Waals surface area (Å²) in [4.78, 5) is 25.4. The first-order valence-electron chi connectivity index (χ1n) is 23.0. The predicted molar refractivity (Wildman–Crippen MR) is 233 cm³/mol. The molecule has 0 aliphatic carbocycles. The number of carbonyl (C=O) groups excluding carboxylic acids is 2. The van der Waals surface area contributed by atoms with Crippen LogP contribution in [0.25, 0.3) is 0 Å². The summed E-state index contributed by atoms with van der Waals surface area (Å²) >= 11 is 0. The van der Waals surface area contributed by atoms with Crippen LogP contribution >= 0.6 is 0 Å². The van der Waals surface area contributed by atoms with Gasteiger partial charge in [-0.1, -0.05) is 166 Å². The molecule has 0 aromatic heterocycles. The largest absolute Gasteiger partial charge is 0.462 e. The third-order valence-corrected chi connectivity index (χ3v) is 11.2. The molecule has 1 aliphatic heterocycles. The molecule has 1 fully saturated rings. The highest BCUT2D eigenvalue weighted by molar-refractivity contribution is 7.85. The van der Waals surface area contributed by atoms with Gasteiger partial charge in [0.05, 0.1) is 6.61 Å². The van der Waals surface area contributed by atoms with Crippen LogP contribution in [0.2, 0.25) is 0 Å². The monoisotopic (exact) mass is 859 g/mol. The molecule has 0 spiro atoms. The lowest BCUT2D eigenvalue weighted by Crippen LogP contribution is -2.60. The number of allylic oxidation sites excluding steroid dienone is 6. The predicted octanol–water partition coefficient (Wildman–Crippen LogP) is 9.39. The van der Waals surface area contributed by atoms with E-state index in [4.69, 9.17) is 18.9 Å². The number of aliphatic hydroxyl groups excluding tert-OH is 3. The Morgan fingerprint density at radius 3 is 1.56 bits per heavy atom. The fourth-order valence-electron chi connectivity index (χ4n) is 6.87. The summed E-state index contributed by atoms with van der Waals surface area (Å²) in [7, 11) is -4.61. The van der Waals surface area contributed by atoms with Crippen LogP contribution in [0.5, 0.6) is 0 Å². The van der Waals surface area contributed by atoms with Gasteiger partial charge < -0.3 is 34.3 Å². The maximum Gasteiger partial charge on any atom is 0.306 e. The molecule has 1 saturated heterocycles. The smallest absolute Gasteiger partial charge is 0.306 e. The third kappa shape index (κ3) is 31.4. The van der Waals surface area contributed by atoms with Crippen LogP contribution in [-0.2, 0) is 38.7 Å². The van der Waals surface area contributed by atoms with Gasteiger partial charge in [-0.3, -0.25) is 14.1 Å². The van der Waals surface area contributed by atoms with Crippen LogP contribution in [0.4, 0.5) is 0 Å². The average Bonchev–Trinajstić information content (AvgIpc) is 3.20. The SMILES string of the molecule is CCCCCCCC/C=C/C/C=C/C/C=C/CCCC(=O)OC[C@H](CO[C@H]1O[C@H](CS(=O)(=O)O)[C@@H](O)C(O)C1O)OC(=O)CCCCCCCCCCCCCCCC. The van der Waals surface area contributed by atoms with Crippen molar-refractivity contribution >= 4 is 22.1 Å². The van der Waals surface area contributed by atoms with E-state index < -0.39 is 71.2 Å². The number of rotatable bonds is 38. The molecule has 13 heteroatoms. The molecule has 12 nitrogen and oxygen atoms in total. The number of esters is 2. The van der Waals surface area contributed by atoms with Gasteiger partial charge in [-0.25, -0.2) is 0 Å². The van der Waals surface area contributed by atoms with Gasteiger partial charge in [0.1, 0.15) is 36.8 Å². The van der Waals surface area contributed by atoms with Crippen LogP contribution in [0.15, 0.2) is 36.5 Å². The second kappa shape index (κ2) is 36.5. The summed E-state index contributed by atoms with van der Waals surface area (Å²) in [5.74, 6) is -2.04. The zero-order chi connectivity index (χ0) is 43.4. The Balaban J connectivity index is 2.47. The fourth-order valence-corrected chi connectivity index (χ4v) is 7.56. The van der Waals surface area contributed by atoms with Crippen molar-refractivity contribution in [2.24, 2.45) is 0 Å². The number of ether oxygens (including phenoxy) is 4. The summed E-state index contributed by atoms with van der Waals surface area (Å²) in [5, 5.41) is 30.9. The summed E-state index contributed by atoms with van der Waals surface area (Å²) in [6.07, 6.45) is 31.9. The van der Waals surface area contributed by atoms with E-state index in [9.17, 15) is 37.9 Å². The van der Waals surface area contributed by atoms with Crippen molar-refractivity contribution in [3.05, 3.63) is 36.5 Å². The van der Waals surface area contributed by atoms with E-state index in [0.29, 0.717) is 19.3 Å². The highest BCUT2D eigenvalue weighted by Gasteiger charge is 2.46. The minimum atomic E-state index is -4.61. The van der Waals surface area contributed by atoms with E-state index in [1.807, 2.05) is 6.08 Å². The van der Waals surface area contributed by atoms with Crippen molar-refractivity contribution in [2.75, 3.05) is 19.0 Å². The standard InChI is InChI=1S/C46H82O12S/c1-3-5-7-9-11-13-15-17-19-20-21-23-24-26-28-30-32-34-41(47)55-36-39(37-56-46-45(51)44(50)43(49)40(58-46)38-59(52,53)54)57-42(48)35-33-31-29-27-25-22-18-16-14-12-10-8-6-4-2/h17,19,21,23,26,28,39-40,43-46,49-51H,3-16,18,20,22,24-25,27,29-38H2,1-2H3,(H,52,53,54)/b19-17+,23-21+,28-26+/t39-,40-,43-,44?,45?,46+/m1/s1. The minimum absolute atomic E-state index is 0.149. The summed E-state index contributed by atoms with van der Waals surface area (Å²) < 4.78 is 54.0. The van der Waals surface area contributed by atoms with Crippen LogP contribution < -0.4 is 0 Å². The van der Waals surface area contributed by atoms with E-state index in [1.54, 1.807) is 0 Å². The van der Waals surface area contributed by atoms with Gasteiger partial charge >= 0.3 is 11.9 Å². The highest BCUT2D eigenvalue weighted by Crippen LogP contribution is 2.24. The number of carbonyl (C=O) groups is 2. The summed E-state index contributed by atoms with van der Waals surface area (Å²) in [5.41, 5.74) is 0. The third-order valence-electron chi connectivity index (χ3n) is 10.5. The summed E-state index contributed by atoms with van der Waals surface area (Å²) in [6.45, 7) is 3.71. The van der Waals surface area contributed by atoms with Crippen molar-refractivity contribution in [3.8, 4) is 0 Å². The van der Waals surface area contributed by atoms with Crippen LogP contribution in [0.3, 0.4) is 0 Å². The number of hydrogen-bond acceptors (Lipinski definition) is 11. The molecular weight excluding hydrogens is 777 g/mol. The lowest BCUT2D eigenvalue weighted by atomic mass is 10.00. The van der Waals surface area contributed by atoms with Gasteiger partial charge in [0.2, 0.25) is 0 Å². The van der Waals surface area contributed by atoms with Crippen LogP contribution in [0.1, 0.15) is 187 Å². The van der Waals surface area contributed by atoms with Crippen molar-refractivity contribution in [1.29, 1.82) is 0 Å². The Hall–Kier alpha value is -2.13. The Bertz CT molecular complexity index is 1240. The quantitative estimate of drug-likeness (QED) is 0.0200. The highest BCUT2D eigenvalue weighted by atomic mass is 32.2. The van der Waals surface area contributed by atoms with Gasteiger partial charge in [-0.2, -0.15) is 8.42 Å². The van der Waals surface area contributed by atoms with Crippen LogP contribution in [0, 0.1) is 0 Å². The Morgan fingerprint density at radius 1 is 0.576 bits per heavy atom. The molecule has 0 aromatic carbocycles. The average molecular weight is 859 g/mol. The second-order valence-corrected chi connectivity index (χ2v) is 17.6. The van der Waals surface area contributed by atoms with Crippen molar-refractivity contribution < 1.29 is 56.8 Å². The molecular formula is C46H82O12S. The topological polar surface area (TPSA) is 186 Å². The van der Waals surface area contributed by atoms with E-state index >= 15 is 0 Å². The molecule has 2 unspecified atom stereocenters. The normalized spacial score (nSPS) is 20.5. The van der Waals surface area contributed by atoms with Gasteiger partial charge in [0.15, 0.2) is 12.4 Å². The van der Waals surface area contributed by atoms with Gasteiger partial charge in [-0.05, 0) is 44.9 Å². The summed E-state index contributed by atoms with van der Waals surface area (Å²) in [6, 6.07) is 0. The maximum atomic E-state index is 12.8. The van der Waals surface area contributed by atoms with Gasteiger partial charge in [0.25, 0.3) is 10.1 Å². The van der Waals surface area contributed by atoms with E-state index in [2.05, 4.69) is 44.2 Å². The van der Waals surface area contributed by atoms with Crippen molar-refractivity contribution in [2.45, 2.75) is 224 Å². The molecule has 0 amide bonds. The second-order valence-electron chi connectivity index (χ2n) is 16.1. The first-order valence-corrected chi connectivity index (χ1v) is 24.7. The molecule has 0 radical (unpaired) electrons. The zero-order valence-corrected chi connectivity index (χ0v) is 37.4. The maximum absolute atomic E-state index is 12.8. The molecule has 59 heavy (non-hydrogen) atoms. The molecule has 4 N–H and O–H groups in total. The van der Waals surface area contributed by atoms with E-state index in [-0.39, 0.29) is 19.4 Å². The van der Waals surface area contributed by atoms with Crippen molar-refractivity contribution in [3.63, 3.8) is 0 Å². The fraction of sp³-hybridized carbons (Fsp3) is 0.826.